The Labute approximate surface area is 166 Å². The van der Waals surface area contributed by atoms with E-state index in [2.05, 4.69) is 25.9 Å². The van der Waals surface area contributed by atoms with E-state index < -0.39 is 5.60 Å². The highest BCUT2D eigenvalue weighted by molar-refractivity contribution is 9.10. The third-order valence-electron chi connectivity index (χ3n) is 4.76. The van der Waals surface area contributed by atoms with Gasteiger partial charge in [0, 0.05) is 28.9 Å². The molecule has 1 aromatic carbocycles. The number of hydrogen-bond donors (Lipinski definition) is 1. The number of likely N-dealkylation sites (tertiary alicyclic amines) is 1. The molecule has 0 radical (unpaired) electrons. The second-order valence-electron chi connectivity index (χ2n) is 8.04. The van der Waals surface area contributed by atoms with Crippen LogP contribution in [0.2, 0.25) is 0 Å². The fourth-order valence-corrected chi connectivity index (χ4v) is 3.96. The predicted molar refractivity (Wildman–Crippen MR) is 109 cm³/mol. The molecule has 0 unspecified atom stereocenters. The van der Waals surface area contributed by atoms with Crippen molar-refractivity contribution < 1.29 is 9.53 Å². The summed E-state index contributed by atoms with van der Waals surface area (Å²) in [6.45, 7) is 6.42. The molecule has 1 fully saturated rings. The predicted octanol–water partition coefficient (Wildman–Crippen LogP) is 4.82. The van der Waals surface area contributed by atoms with Crippen molar-refractivity contribution in [2.75, 3.05) is 6.54 Å². The minimum Gasteiger partial charge on any atom is -0.444 e. The summed E-state index contributed by atoms with van der Waals surface area (Å²) in [5, 5.41) is 1.02. The molecule has 0 bridgehead atoms. The SMILES string of the molecule is CC(C)(C)OC(=O)N1CCC[C@H]1Cc1nc2c(cnc3cc(Br)ccc32)[nH]1. The van der Waals surface area contributed by atoms with Gasteiger partial charge in [-0.25, -0.2) is 9.78 Å². The first-order chi connectivity index (χ1) is 12.8. The van der Waals surface area contributed by atoms with Gasteiger partial charge in [0.25, 0.3) is 0 Å². The number of nitrogens with one attached hydrogen (secondary N) is 1. The molecule has 2 aromatic heterocycles. The van der Waals surface area contributed by atoms with Crippen LogP contribution in [0.15, 0.2) is 28.9 Å². The first-order valence-electron chi connectivity index (χ1n) is 9.23. The number of rotatable bonds is 2. The molecule has 1 aliphatic rings. The second-order valence-corrected chi connectivity index (χ2v) is 8.96. The van der Waals surface area contributed by atoms with Crippen LogP contribution in [0, 0.1) is 0 Å². The van der Waals surface area contributed by atoms with Crippen LogP contribution in [0.25, 0.3) is 21.9 Å². The number of H-pyrrole nitrogens is 1. The molecule has 1 atom stereocenters. The molecule has 1 saturated heterocycles. The average molecular weight is 431 g/mol. The van der Waals surface area contributed by atoms with E-state index in [9.17, 15) is 4.79 Å². The van der Waals surface area contributed by atoms with Crippen LogP contribution in [-0.4, -0.2) is 44.1 Å². The Morgan fingerprint density at radius 2 is 2.22 bits per heavy atom. The summed E-state index contributed by atoms with van der Waals surface area (Å²) in [5.41, 5.74) is 2.26. The smallest absolute Gasteiger partial charge is 0.410 e. The minimum atomic E-state index is -0.484. The monoisotopic (exact) mass is 430 g/mol. The molecule has 1 aliphatic heterocycles. The van der Waals surface area contributed by atoms with Crippen LogP contribution in [0.3, 0.4) is 0 Å². The fourth-order valence-electron chi connectivity index (χ4n) is 3.61. The molecule has 4 rings (SSSR count). The highest BCUT2D eigenvalue weighted by atomic mass is 79.9. The van der Waals surface area contributed by atoms with Crippen LogP contribution in [0.1, 0.15) is 39.4 Å². The number of aromatic nitrogens is 3. The number of carbonyl (C=O) groups excluding carboxylic acids is 1. The zero-order valence-electron chi connectivity index (χ0n) is 15.8. The van der Waals surface area contributed by atoms with Gasteiger partial charge in [0.15, 0.2) is 0 Å². The third-order valence-corrected chi connectivity index (χ3v) is 5.26. The number of ether oxygens (including phenoxy) is 1. The van der Waals surface area contributed by atoms with Gasteiger partial charge in [-0.3, -0.25) is 4.98 Å². The molecule has 27 heavy (non-hydrogen) atoms. The summed E-state index contributed by atoms with van der Waals surface area (Å²) in [6, 6.07) is 6.12. The van der Waals surface area contributed by atoms with Gasteiger partial charge in [0.2, 0.25) is 0 Å². The number of amides is 1. The topological polar surface area (TPSA) is 71.1 Å². The number of benzene rings is 1. The molecular formula is C20H23BrN4O2. The molecule has 7 heteroatoms. The molecule has 6 nitrogen and oxygen atoms in total. The van der Waals surface area contributed by atoms with E-state index in [1.54, 1.807) is 0 Å². The zero-order valence-corrected chi connectivity index (χ0v) is 17.3. The van der Waals surface area contributed by atoms with Crippen molar-refractivity contribution in [3.05, 3.63) is 34.7 Å². The molecular weight excluding hydrogens is 408 g/mol. The maximum atomic E-state index is 12.5. The van der Waals surface area contributed by atoms with Gasteiger partial charge in [0.05, 0.1) is 22.7 Å². The lowest BCUT2D eigenvalue weighted by atomic mass is 10.1. The lowest BCUT2D eigenvalue weighted by molar-refractivity contribution is 0.0226. The van der Waals surface area contributed by atoms with E-state index in [-0.39, 0.29) is 12.1 Å². The number of hydrogen-bond acceptors (Lipinski definition) is 4. The van der Waals surface area contributed by atoms with E-state index in [4.69, 9.17) is 9.72 Å². The summed E-state index contributed by atoms with van der Waals surface area (Å²) in [6.07, 6.45) is 4.22. The molecule has 1 N–H and O–H groups in total. The summed E-state index contributed by atoms with van der Waals surface area (Å²) in [4.78, 5) is 27.0. The number of nitrogens with zero attached hydrogens (tertiary/aromatic N) is 3. The lowest BCUT2D eigenvalue weighted by Gasteiger charge is -2.28. The quantitative estimate of drug-likeness (QED) is 0.632. The van der Waals surface area contributed by atoms with Gasteiger partial charge >= 0.3 is 6.09 Å². The Kier molecular flexibility index (Phi) is 4.58. The van der Waals surface area contributed by atoms with Gasteiger partial charge in [-0.1, -0.05) is 15.9 Å². The summed E-state index contributed by atoms with van der Waals surface area (Å²) in [7, 11) is 0. The van der Waals surface area contributed by atoms with Crippen molar-refractivity contribution in [3.63, 3.8) is 0 Å². The average Bonchev–Trinajstić information content (AvgIpc) is 3.19. The van der Waals surface area contributed by atoms with E-state index in [1.807, 2.05) is 50.1 Å². The van der Waals surface area contributed by atoms with Gasteiger partial charge in [-0.2, -0.15) is 0 Å². The second kappa shape index (κ2) is 6.78. The molecule has 1 amide bonds. The number of aromatic amines is 1. The van der Waals surface area contributed by atoms with Crippen molar-refractivity contribution in [2.45, 2.75) is 51.7 Å². The lowest BCUT2D eigenvalue weighted by Crippen LogP contribution is -2.40. The zero-order chi connectivity index (χ0) is 19.2. The molecule has 0 spiro atoms. The first kappa shape index (κ1) is 18.2. The first-order valence-corrected chi connectivity index (χ1v) is 10.0. The fraction of sp³-hybridized carbons (Fsp3) is 0.450. The highest BCUT2D eigenvalue weighted by Gasteiger charge is 2.32. The van der Waals surface area contributed by atoms with Gasteiger partial charge in [-0.05, 0) is 51.8 Å². The van der Waals surface area contributed by atoms with Crippen LogP contribution in [0.4, 0.5) is 4.79 Å². The van der Waals surface area contributed by atoms with Gasteiger partial charge < -0.3 is 14.6 Å². The Morgan fingerprint density at radius 3 is 3.00 bits per heavy atom. The number of pyridine rings is 1. The summed E-state index contributed by atoms with van der Waals surface area (Å²) in [5.74, 6) is 0.877. The maximum Gasteiger partial charge on any atom is 0.410 e. The van der Waals surface area contributed by atoms with Crippen LogP contribution in [0.5, 0.6) is 0 Å². The molecule has 142 valence electrons. The Hall–Kier alpha value is -2.15. The normalized spacial score (nSPS) is 17.8. The van der Waals surface area contributed by atoms with Crippen LogP contribution >= 0.6 is 15.9 Å². The maximum absolute atomic E-state index is 12.5. The number of imidazole rings is 1. The van der Waals surface area contributed by atoms with Crippen molar-refractivity contribution in [1.82, 2.24) is 19.9 Å². The van der Waals surface area contributed by atoms with Crippen LogP contribution in [-0.2, 0) is 11.2 Å². The molecule has 0 aliphatic carbocycles. The third kappa shape index (κ3) is 3.78. The van der Waals surface area contributed by atoms with E-state index in [0.29, 0.717) is 6.42 Å². The van der Waals surface area contributed by atoms with E-state index in [1.165, 1.54) is 0 Å². The minimum absolute atomic E-state index is 0.105. The Balaban J connectivity index is 1.59. The highest BCUT2D eigenvalue weighted by Crippen LogP contribution is 2.27. The number of halogens is 1. The van der Waals surface area contributed by atoms with E-state index >= 15 is 0 Å². The molecule has 3 heterocycles. The largest absolute Gasteiger partial charge is 0.444 e. The van der Waals surface area contributed by atoms with E-state index in [0.717, 1.165) is 51.6 Å². The summed E-state index contributed by atoms with van der Waals surface area (Å²) < 4.78 is 6.56. The van der Waals surface area contributed by atoms with Crippen molar-refractivity contribution in [2.24, 2.45) is 0 Å². The van der Waals surface area contributed by atoms with Gasteiger partial charge in [-0.15, -0.1) is 0 Å². The summed E-state index contributed by atoms with van der Waals surface area (Å²) >= 11 is 3.48. The van der Waals surface area contributed by atoms with Gasteiger partial charge in [0.1, 0.15) is 11.4 Å². The standard InChI is InChI=1S/C20H23BrN4O2/c1-20(2,3)27-19(26)25-8-4-5-13(25)10-17-23-16-11-22-15-9-12(21)6-7-14(15)18(16)24-17/h6-7,9,11,13H,4-5,8,10H2,1-3H3,(H,23,24)/t13-/m0/s1. The number of carbonyl (C=O) groups is 1. The number of fused-ring (bicyclic) bond motifs is 3. The Morgan fingerprint density at radius 1 is 1.41 bits per heavy atom. The van der Waals surface area contributed by atoms with Crippen molar-refractivity contribution in [1.29, 1.82) is 0 Å². The van der Waals surface area contributed by atoms with Crippen molar-refractivity contribution >= 4 is 44.0 Å². The van der Waals surface area contributed by atoms with Crippen molar-refractivity contribution in [3.8, 4) is 0 Å². The molecule has 3 aromatic rings. The molecule has 0 saturated carbocycles. The Bertz CT molecular complexity index is 1010. The van der Waals surface area contributed by atoms with Crippen LogP contribution < -0.4 is 0 Å².